The third kappa shape index (κ3) is 2.51. The lowest BCUT2D eigenvalue weighted by Crippen LogP contribution is -2.40. The minimum Gasteiger partial charge on any atom is -0.300 e. The molecule has 1 aliphatic carbocycles. The zero-order valence-corrected chi connectivity index (χ0v) is 9.94. The van der Waals surface area contributed by atoms with Gasteiger partial charge in [-0.1, -0.05) is 12.1 Å². The van der Waals surface area contributed by atoms with Crippen LogP contribution in [0.25, 0.3) is 0 Å². The number of hydrogen-bond acceptors (Lipinski definition) is 3. The SMILES string of the molecule is N#CC1(c2ccc(SC(F)(F)F)cc2)CC(=O)C1. The van der Waals surface area contributed by atoms with Gasteiger partial charge in [-0.15, -0.1) is 0 Å². The predicted octanol–water partition coefficient (Wildman–Crippen LogP) is 3.42. The maximum Gasteiger partial charge on any atom is 0.446 e. The molecule has 0 spiro atoms. The number of thioether (sulfide) groups is 1. The molecule has 2 nitrogen and oxygen atoms in total. The van der Waals surface area contributed by atoms with Crippen molar-refractivity contribution in [2.24, 2.45) is 0 Å². The fourth-order valence-electron chi connectivity index (χ4n) is 1.94. The summed E-state index contributed by atoms with van der Waals surface area (Å²) in [5.41, 5.74) is -4.55. The Balaban J connectivity index is 2.18. The first-order valence-corrected chi connectivity index (χ1v) is 5.96. The van der Waals surface area contributed by atoms with Crippen molar-refractivity contribution in [3.05, 3.63) is 29.8 Å². The summed E-state index contributed by atoms with van der Waals surface area (Å²) in [5.74, 6) is 0.00490. The van der Waals surface area contributed by atoms with Gasteiger partial charge in [0.2, 0.25) is 0 Å². The van der Waals surface area contributed by atoms with E-state index in [1.165, 1.54) is 24.3 Å². The van der Waals surface area contributed by atoms with Crippen molar-refractivity contribution in [2.45, 2.75) is 28.7 Å². The van der Waals surface area contributed by atoms with Crippen molar-refractivity contribution in [3.63, 3.8) is 0 Å². The van der Waals surface area contributed by atoms with E-state index in [-0.39, 0.29) is 35.3 Å². The highest BCUT2D eigenvalue weighted by Gasteiger charge is 2.45. The van der Waals surface area contributed by atoms with Crippen LogP contribution in [0.4, 0.5) is 13.2 Å². The van der Waals surface area contributed by atoms with Crippen LogP contribution in [-0.2, 0) is 10.2 Å². The van der Waals surface area contributed by atoms with E-state index in [0.717, 1.165) is 0 Å². The first-order chi connectivity index (χ1) is 8.35. The van der Waals surface area contributed by atoms with E-state index >= 15 is 0 Å². The van der Waals surface area contributed by atoms with Crippen LogP contribution in [0.15, 0.2) is 29.2 Å². The first-order valence-electron chi connectivity index (χ1n) is 5.14. The number of rotatable bonds is 2. The number of ketones is 1. The van der Waals surface area contributed by atoms with E-state index in [9.17, 15) is 18.0 Å². The van der Waals surface area contributed by atoms with Gasteiger partial charge in [0.05, 0.1) is 11.5 Å². The summed E-state index contributed by atoms with van der Waals surface area (Å²) in [6.45, 7) is 0. The summed E-state index contributed by atoms with van der Waals surface area (Å²) >= 11 is -0.196. The second-order valence-corrected chi connectivity index (χ2v) is 5.30. The van der Waals surface area contributed by atoms with Gasteiger partial charge in [-0.3, -0.25) is 4.79 Å². The second kappa shape index (κ2) is 4.32. The number of nitriles is 1. The molecule has 18 heavy (non-hydrogen) atoms. The van der Waals surface area contributed by atoms with Gasteiger partial charge >= 0.3 is 5.51 Å². The summed E-state index contributed by atoms with van der Waals surface area (Å²) in [4.78, 5) is 11.1. The molecule has 0 atom stereocenters. The highest BCUT2D eigenvalue weighted by Crippen LogP contribution is 2.42. The first kappa shape index (κ1) is 13.0. The van der Waals surface area contributed by atoms with Gasteiger partial charge in [0.1, 0.15) is 5.78 Å². The van der Waals surface area contributed by atoms with E-state index in [2.05, 4.69) is 6.07 Å². The molecule has 0 heterocycles. The number of benzene rings is 1. The van der Waals surface area contributed by atoms with Gasteiger partial charge in [0.25, 0.3) is 0 Å². The van der Waals surface area contributed by atoms with Crippen molar-refractivity contribution in [1.82, 2.24) is 0 Å². The zero-order chi connectivity index (χ0) is 13.4. The van der Waals surface area contributed by atoms with Crippen LogP contribution in [-0.4, -0.2) is 11.3 Å². The lowest BCUT2D eigenvalue weighted by molar-refractivity contribution is -0.126. The van der Waals surface area contributed by atoms with E-state index in [1.807, 2.05) is 0 Å². The number of alkyl halides is 3. The van der Waals surface area contributed by atoms with Crippen LogP contribution >= 0.6 is 11.8 Å². The Bertz CT molecular complexity index is 508. The summed E-state index contributed by atoms with van der Waals surface area (Å²) in [6.07, 6.45) is 0.296. The van der Waals surface area contributed by atoms with Crippen LogP contribution < -0.4 is 0 Å². The van der Waals surface area contributed by atoms with Crippen molar-refractivity contribution >= 4 is 17.5 Å². The number of hydrogen-bond donors (Lipinski definition) is 0. The highest BCUT2D eigenvalue weighted by atomic mass is 32.2. The lowest BCUT2D eigenvalue weighted by atomic mass is 9.65. The standard InChI is InChI=1S/C12H8F3NOS/c13-12(14,15)18-10-3-1-8(2-4-10)11(7-16)5-9(17)6-11/h1-4H,5-6H2. The molecule has 94 valence electrons. The Morgan fingerprint density at radius 2 is 1.78 bits per heavy atom. The van der Waals surface area contributed by atoms with Crippen LogP contribution in [0.2, 0.25) is 0 Å². The summed E-state index contributed by atoms with van der Waals surface area (Å²) < 4.78 is 36.4. The molecule has 1 aromatic carbocycles. The summed E-state index contributed by atoms with van der Waals surface area (Å²) in [5, 5.41) is 9.08. The van der Waals surface area contributed by atoms with Crippen LogP contribution in [0.5, 0.6) is 0 Å². The summed E-state index contributed by atoms with van der Waals surface area (Å²) in [6, 6.07) is 7.72. The third-order valence-corrected chi connectivity index (χ3v) is 3.59. The molecule has 2 rings (SSSR count). The Labute approximate surface area is 106 Å². The summed E-state index contributed by atoms with van der Waals surface area (Å²) in [7, 11) is 0. The quantitative estimate of drug-likeness (QED) is 0.774. The maximum atomic E-state index is 12.1. The fourth-order valence-corrected chi connectivity index (χ4v) is 2.48. The molecule has 1 fully saturated rings. The van der Waals surface area contributed by atoms with Gasteiger partial charge in [-0.25, -0.2) is 0 Å². The molecule has 0 amide bonds. The van der Waals surface area contributed by atoms with Crippen molar-refractivity contribution < 1.29 is 18.0 Å². The topological polar surface area (TPSA) is 40.9 Å². The zero-order valence-electron chi connectivity index (χ0n) is 9.12. The second-order valence-electron chi connectivity index (χ2n) is 4.16. The van der Waals surface area contributed by atoms with E-state index < -0.39 is 10.9 Å². The Morgan fingerprint density at radius 3 is 2.17 bits per heavy atom. The number of nitrogens with zero attached hydrogens (tertiary/aromatic N) is 1. The molecule has 0 bridgehead atoms. The molecule has 0 radical (unpaired) electrons. The highest BCUT2D eigenvalue weighted by molar-refractivity contribution is 8.00. The molecule has 0 N–H and O–H groups in total. The molecule has 0 aliphatic heterocycles. The minimum atomic E-state index is -4.32. The Morgan fingerprint density at radius 1 is 1.22 bits per heavy atom. The lowest BCUT2D eigenvalue weighted by Gasteiger charge is -2.34. The molecule has 0 aromatic heterocycles. The van der Waals surface area contributed by atoms with Gasteiger partial charge in [-0.05, 0) is 29.5 Å². The van der Waals surface area contributed by atoms with Gasteiger partial charge in [-0.2, -0.15) is 18.4 Å². The molecule has 1 saturated carbocycles. The van der Waals surface area contributed by atoms with E-state index in [4.69, 9.17) is 5.26 Å². The number of carbonyl (C=O) groups excluding carboxylic acids is 1. The number of Topliss-reactive ketones (excluding diaryl/α,β-unsaturated/α-hetero) is 1. The van der Waals surface area contributed by atoms with Crippen molar-refractivity contribution in [3.8, 4) is 6.07 Å². The average Bonchev–Trinajstić information content (AvgIpc) is 2.23. The Kier molecular flexibility index (Phi) is 3.11. The average molecular weight is 271 g/mol. The molecule has 1 aromatic rings. The normalized spacial score (nSPS) is 18.0. The molecule has 6 heteroatoms. The maximum absolute atomic E-state index is 12.1. The predicted molar refractivity (Wildman–Crippen MR) is 59.9 cm³/mol. The smallest absolute Gasteiger partial charge is 0.300 e. The molecular weight excluding hydrogens is 263 g/mol. The molecular formula is C12H8F3NOS. The van der Waals surface area contributed by atoms with Crippen molar-refractivity contribution in [1.29, 1.82) is 5.26 Å². The van der Waals surface area contributed by atoms with Crippen LogP contribution in [0, 0.1) is 11.3 Å². The van der Waals surface area contributed by atoms with Crippen LogP contribution in [0.3, 0.4) is 0 Å². The minimum absolute atomic E-state index is 0.00490. The van der Waals surface area contributed by atoms with Gasteiger partial charge in [0, 0.05) is 17.7 Å². The van der Waals surface area contributed by atoms with E-state index in [1.54, 1.807) is 0 Å². The molecule has 1 aliphatic rings. The fraction of sp³-hybridized carbons (Fsp3) is 0.333. The molecule has 0 saturated heterocycles. The van der Waals surface area contributed by atoms with Crippen LogP contribution in [0.1, 0.15) is 18.4 Å². The monoisotopic (exact) mass is 271 g/mol. The largest absolute Gasteiger partial charge is 0.446 e. The van der Waals surface area contributed by atoms with Gasteiger partial charge < -0.3 is 0 Å². The van der Waals surface area contributed by atoms with Gasteiger partial charge in [0.15, 0.2) is 0 Å². The van der Waals surface area contributed by atoms with Crippen molar-refractivity contribution in [2.75, 3.05) is 0 Å². The van der Waals surface area contributed by atoms with E-state index in [0.29, 0.717) is 5.56 Å². The third-order valence-electron chi connectivity index (χ3n) is 2.85. The molecule has 0 unspecified atom stereocenters. The number of halogens is 3. The number of carbonyl (C=O) groups is 1. The Hall–Kier alpha value is -1.48.